The van der Waals surface area contributed by atoms with Crippen molar-refractivity contribution in [2.75, 3.05) is 31.3 Å². The number of carbonyl (C=O) groups is 2. The molecule has 0 saturated heterocycles. The van der Waals surface area contributed by atoms with Crippen molar-refractivity contribution in [3.63, 3.8) is 0 Å². The minimum atomic E-state index is -0.251. The number of aromatic nitrogens is 2. The standard InChI is InChI=1S/C9H13N5O2/c1-12-4-5(15)13(2)7-6(8(12)16)14(3)9(10)11-7/h4H2,1-3H3,(H2,10,11). The van der Waals surface area contributed by atoms with Crippen LogP contribution in [-0.2, 0) is 11.8 Å². The number of likely N-dealkylation sites (N-methyl/N-ethyl adjacent to an activating group) is 2. The molecule has 1 aromatic rings. The van der Waals surface area contributed by atoms with Crippen LogP contribution in [0.25, 0.3) is 0 Å². The Morgan fingerprint density at radius 3 is 2.50 bits per heavy atom. The van der Waals surface area contributed by atoms with Gasteiger partial charge in [-0.2, -0.15) is 4.98 Å². The van der Waals surface area contributed by atoms with Gasteiger partial charge in [0.25, 0.3) is 5.91 Å². The third-order valence-electron chi connectivity index (χ3n) is 2.72. The average Bonchev–Trinajstić information content (AvgIpc) is 2.49. The number of nitrogen functional groups attached to an aromatic ring is 1. The minimum Gasteiger partial charge on any atom is -0.369 e. The molecule has 7 heteroatoms. The summed E-state index contributed by atoms with van der Waals surface area (Å²) >= 11 is 0. The quantitative estimate of drug-likeness (QED) is 0.614. The number of carbonyl (C=O) groups excluding carboxylic acids is 2. The van der Waals surface area contributed by atoms with Gasteiger partial charge in [-0.25, -0.2) is 0 Å². The van der Waals surface area contributed by atoms with Gasteiger partial charge in [-0.15, -0.1) is 0 Å². The summed E-state index contributed by atoms with van der Waals surface area (Å²) in [4.78, 5) is 30.4. The number of imidazole rings is 1. The van der Waals surface area contributed by atoms with Crippen molar-refractivity contribution in [2.24, 2.45) is 7.05 Å². The van der Waals surface area contributed by atoms with Crippen LogP contribution in [-0.4, -0.2) is 46.9 Å². The first kappa shape index (κ1) is 10.5. The lowest BCUT2D eigenvalue weighted by Gasteiger charge is -2.14. The highest BCUT2D eigenvalue weighted by Crippen LogP contribution is 2.24. The Bertz CT molecular complexity index is 478. The Labute approximate surface area is 92.4 Å². The summed E-state index contributed by atoms with van der Waals surface area (Å²) in [7, 11) is 4.81. The maximum absolute atomic E-state index is 12.0. The number of fused-ring (bicyclic) bond motifs is 1. The van der Waals surface area contributed by atoms with Crippen LogP contribution in [0.15, 0.2) is 0 Å². The minimum absolute atomic E-state index is 0.0472. The molecule has 7 nitrogen and oxygen atoms in total. The zero-order chi connectivity index (χ0) is 12.0. The van der Waals surface area contributed by atoms with Crippen LogP contribution >= 0.6 is 0 Å². The van der Waals surface area contributed by atoms with E-state index in [1.807, 2.05) is 0 Å². The SMILES string of the molecule is CN1CC(=O)N(C)c2nc(N)n(C)c2C1=O. The van der Waals surface area contributed by atoms with Crippen LogP contribution < -0.4 is 10.6 Å². The fourth-order valence-electron chi connectivity index (χ4n) is 1.65. The molecule has 0 unspecified atom stereocenters. The van der Waals surface area contributed by atoms with E-state index in [-0.39, 0.29) is 24.3 Å². The molecule has 1 aliphatic rings. The number of hydrogen-bond donors (Lipinski definition) is 1. The van der Waals surface area contributed by atoms with E-state index in [4.69, 9.17) is 5.73 Å². The molecule has 0 bridgehead atoms. The molecule has 0 aromatic carbocycles. The van der Waals surface area contributed by atoms with E-state index in [0.29, 0.717) is 11.5 Å². The number of anilines is 2. The summed E-state index contributed by atoms with van der Waals surface area (Å²) in [5, 5.41) is 0. The topological polar surface area (TPSA) is 84.5 Å². The Kier molecular flexibility index (Phi) is 2.11. The molecule has 16 heavy (non-hydrogen) atoms. The van der Waals surface area contributed by atoms with Gasteiger partial charge in [-0.1, -0.05) is 0 Å². The van der Waals surface area contributed by atoms with Gasteiger partial charge in [-0.05, 0) is 0 Å². The molecule has 0 fully saturated rings. The highest BCUT2D eigenvalue weighted by atomic mass is 16.2. The van der Waals surface area contributed by atoms with Gasteiger partial charge in [0.1, 0.15) is 6.54 Å². The Hall–Kier alpha value is -2.05. The fraction of sp³-hybridized carbons (Fsp3) is 0.444. The van der Waals surface area contributed by atoms with E-state index in [1.165, 1.54) is 14.4 Å². The summed E-state index contributed by atoms with van der Waals surface area (Å²) < 4.78 is 1.49. The van der Waals surface area contributed by atoms with Crippen molar-refractivity contribution in [2.45, 2.75) is 0 Å². The van der Waals surface area contributed by atoms with Crippen molar-refractivity contribution >= 4 is 23.6 Å². The van der Waals surface area contributed by atoms with Crippen LogP contribution in [0.1, 0.15) is 10.5 Å². The van der Waals surface area contributed by atoms with Crippen LogP contribution in [0.2, 0.25) is 0 Å². The van der Waals surface area contributed by atoms with Gasteiger partial charge < -0.3 is 15.2 Å². The molecule has 86 valence electrons. The second kappa shape index (κ2) is 3.22. The van der Waals surface area contributed by atoms with E-state index in [2.05, 4.69) is 4.98 Å². The van der Waals surface area contributed by atoms with Crippen LogP contribution in [0, 0.1) is 0 Å². The summed E-state index contributed by atoms with van der Waals surface area (Å²) in [6.45, 7) is 0.0472. The van der Waals surface area contributed by atoms with Crippen LogP contribution in [0.4, 0.5) is 11.8 Å². The van der Waals surface area contributed by atoms with Gasteiger partial charge in [0.15, 0.2) is 11.5 Å². The van der Waals surface area contributed by atoms with Crippen molar-refractivity contribution in [3.05, 3.63) is 5.69 Å². The number of hydrogen-bond acceptors (Lipinski definition) is 4. The van der Waals surface area contributed by atoms with Crippen molar-refractivity contribution in [1.82, 2.24) is 14.5 Å². The maximum Gasteiger partial charge on any atom is 0.274 e. The summed E-state index contributed by atoms with van der Waals surface area (Å²) in [5.41, 5.74) is 5.97. The Morgan fingerprint density at radius 1 is 1.25 bits per heavy atom. The second-order valence-corrected chi connectivity index (χ2v) is 3.82. The maximum atomic E-state index is 12.0. The summed E-state index contributed by atoms with van der Waals surface area (Å²) in [6, 6.07) is 0. The van der Waals surface area contributed by atoms with Crippen molar-refractivity contribution < 1.29 is 9.59 Å². The van der Waals surface area contributed by atoms with Gasteiger partial charge in [-0.3, -0.25) is 14.5 Å². The third kappa shape index (κ3) is 1.24. The smallest absolute Gasteiger partial charge is 0.274 e. The lowest BCUT2D eigenvalue weighted by Crippen LogP contribution is -2.35. The van der Waals surface area contributed by atoms with Crippen LogP contribution in [0.5, 0.6) is 0 Å². The number of amides is 2. The van der Waals surface area contributed by atoms with E-state index in [1.54, 1.807) is 21.1 Å². The molecule has 1 aromatic heterocycles. The summed E-state index contributed by atoms with van der Waals surface area (Å²) in [5.74, 6) is 0.0970. The predicted molar refractivity (Wildman–Crippen MR) is 58.0 cm³/mol. The first-order valence-corrected chi connectivity index (χ1v) is 4.77. The van der Waals surface area contributed by atoms with Crippen molar-refractivity contribution in [1.29, 1.82) is 0 Å². The molecule has 2 heterocycles. The molecule has 2 amide bonds. The molecular formula is C9H13N5O2. The molecule has 0 atom stereocenters. The first-order valence-electron chi connectivity index (χ1n) is 4.77. The van der Waals surface area contributed by atoms with Gasteiger partial charge in [0.05, 0.1) is 0 Å². The lowest BCUT2D eigenvalue weighted by molar-refractivity contribution is -0.118. The molecule has 2 rings (SSSR count). The normalized spacial score (nSPS) is 16.4. The van der Waals surface area contributed by atoms with E-state index in [0.717, 1.165) is 0 Å². The van der Waals surface area contributed by atoms with Gasteiger partial charge >= 0.3 is 0 Å². The van der Waals surface area contributed by atoms with E-state index < -0.39 is 0 Å². The predicted octanol–water partition coefficient (Wildman–Crippen LogP) is -0.949. The molecule has 2 N–H and O–H groups in total. The number of nitrogens with two attached hydrogens (primary N) is 1. The van der Waals surface area contributed by atoms with E-state index in [9.17, 15) is 9.59 Å². The van der Waals surface area contributed by atoms with Crippen LogP contribution in [0.3, 0.4) is 0 Å². The largest absolute Gasteiger partial charge is 0.369 e. The monoisotopic (exact) mass is 223 g/mol. The molecule has 0 spiro atoms. The molecule has 0 aliphatic carbocycles. The van der Waals surface area contributed by atoms with E-state index >= 15 is 0 Å². The lowest BCUT2D eigenvalue weighted by atomic mass is 10.3. The van der Waals surface area contributed by atoms with Gasteiger partial charge in [0, 0.05) is 21.1 Å². The van der Waals surface area contributed by atoms with Gasteiger partial charge in [0.2, 0.25) is 11.9 Å². The highest BCUT2D eigenvalue weighted by Gasteiger charge is 2.32. The first-order chi connectivity index (χ1) is 7.43. The number of nitrogens with zero attached hydrogens (tertiary/aromatic N) is 4. The summed E-state index contributed by atoms with van der Waals surface area (Å²) in [6.07, 6.45) is 0. The highest BCUT2D eigenvalue weighted by molar-refractivity contribution is 6.07. The zero-order valence-electron chi connectivity index (χ0n) is 9.39. The molecule has 0 saturated carbocycles. The van der Waals surface area contributed by atoms with Crippen molar-refractivity contribution in [3.8, 4) is 0 Å². The third-order valence-corrected chi connectivity index (χ3v) is 2.72. The Morgan fingerprint density at radius 2 is 1.88 bits per heavy atom. The number of rotatable bonds is 0. The molecular weight excluding hydrogens is 210 g/mol. The Balaban J connectivity index is 2.67. The second-order valence-electron chi connectivity index (χ2n) is 3.82. The average molecular weight is 223 g/mol. The molecule has 0 radical (unpaired) electrons. The fourth-order valence-corrected chi connectivity index (χ4v) is 1.65. The zero-order valence-corrected chi connectivity index (χ0v) is 9.39. The molecule has 1 aliphatic heterocycles.